The number of halogens is 1. The van der Waals surface area contributed by atoms with Gasteiger partial charge in [-0.2, -0.15) is 0 Å². The van der Waals surface area contributed by atoms with E-state index in [1.165, 1.54) is 0 Å². The zero-order valence-corrected chi connectivity index (χ0v) is 27.1. The first-order valence-corrected chi connectivity index (χ1v) is 15.2. The highest BCUT2D eigenvalue weighted by atomic mass is 79.9. The predicted molar refractivity (Wildman–Crippen MR) is 171 cm³/mol. The summed E-state index contributed by atoms with van der Waals surface area (Å²) in [5.41, 5.74) is 4.59. The van der Waals surface area contributed by atoms with Crippen molar-refractivity contribution < 1.29 is 33.3 Å². The summed E-state index contributed by atoms with van der Waals surface area (Å²) in [6.07, 6.45) is 1.39. The third-order valence-electron chi connectivity index (χ3n) is 8.31. The number of nitrogens with zero attached hydrogens (tertiary/aromatic N) is 1. The van der Waals surface area contributed by atoms with Crippen LogP contribution in [-0.2, 0) is 20.7 Å². The Kier molecular flexibility index (Phi) is 9.74. The highest BCUT2D eigenvalue weighted by molar-refractivity contribution is 9.10. The molecule has 1 aliphatic heterocycles. The molecule has 3 atom stereocenters. The van der Waals surface area contributed by atoms with Crippen LogP contribution in [0.4, 0.5) is 0 Å². The fourth-order valence-corrected chi connectivity index (χ4v) is 6.81. The molecule has 0 aromatic heterocycles. The van der Waals surface area contributed by atoms with Crippen LogP contribution in [0.5, 0.6) is 23.0 Å². The van der Waals surface area contributed by atoms with E-state index in [1.807, 2.05) is 67.6 Å². The molecule has 44 heavy (non-hydrogen) atoms. The van der Waals surface area contributed by atoms with Gasteiger partial charge in [0.05, 0.1) is 39.5 Å². The Bertz CT molecular complexity index is 1610. The molecule has 1 heterocycles. The van der Waals surface area contributed by atoms with E-state index in [4.69, 9.17) is 28.7 Å². The maximum Gasteiger partial charge on any atom is 0.315 e. The molecule has 1 aliphatic carbocycles. The quantitative estimate of drug-likeness (QED) is 0.220. The van der Waals surface area contributed by atoms with Crippen molar-refractivity contribution in [3.63, 3.8) is 0 Å². The molecule has 5 rings (SSSR count). The predicted octanol–water partition coefficient (Wildman–Crippen LogP) is 6.84. The lowest BCUT2D eigenvalue weighted by molar-refractivity contribution is -0.146. The van der Waals surface area contributed by atoms with E-state index < -0.39 is 17.8 Å². The minimum Gasteiger partial charge on any atom is -0.493 e. The number of benzene rings is 3. The van der Waals surface area contributed by atoms with Crippen molar-refractivity contribution in [2.75, 3.05) is 35.0 Å². The summed E-state index contributed by atoms with van der Waals surface area (Å²) < 4.78 is 28.6. The van der Waals surface area contributed by atoms with Gasteiger partial charge in [0.25, 0.3) is 0 Å². The number of allylic oxidation sites excluding steroid dienone is 2. The van der Waals surface area contributed by atoms with Crippen molar-refractivity contribution in [1.29, 1.82) is 0 Å². The maximum absolute atomic E-state index is 14.1. The van der Waals surface area contributed by atoms with E-state index in [0.29, 0.717) is 57.3 Å². The fraction of sp³-hybridized carbons (Fsp3) is 0.343. The molecule has 3 aromatic rings. The molecule has 0 amide bonds. The van der Waals surface area contributed by atoms with Gasteiger partial charge < -0.3 is 23.7 Å². The number of carbonyl (C=O) groups excluding carboxylic acids is 2. The Morgan fingerprint density at radius 2 is 1.57 bits per heavy atom. The standard InChI is InChI=1S/C35H36BrNO7/c1-20-31(35(39)44-14-13-21-9-7-6-8-10-21)32(24-15-25(36)34(43-5)30(19-24)42-4)33-26(37-20)16-23(17-27(33)38)22-11-12-28(40-2)29(18-22)41-3/h6-12,15,18-19,23,31-32H,13-14,16-17H2,1-5H3. The largest absolute Gasteiger partial charge is 0.493 e. The molecule has 230 valence electrons. The summed E-state index contributed by atoms with van der Waals surface area (Å²) >= 11 is 3.60. The number of Topliss-reactive ketones (excluding diaryl/α,β-unsaturated/α-hetero) is 1. The second-order valence-corrected chi connectivity index (χ2v) is 11.7. The zero-order valence-electron chi connectivity index (χ0n) is 25.5. The van der Waals surface area contributed by atoms with Crippen LogP contribution >= 0.6 is 15.9 Å². The number of aliphatic imine (C=N–C) groups is 1. The van der Waals surface area contributed by atoms with Gasteiger partial charge >= 0.3 is 5.97 Å². The Hall–Kier alpha value is -4.11. The molecule has 0 saturated carbocycles. The van der Waals surface area contributed by atoms with Gasteiger partial charge in [0.2, 0.25) is 0 Å². The Balaban J connectivity index is 1.53. The van der Waals surface area contributed by atoms with Crippen molar-refractivity contribution in [2.24, 2.45) is 10.9 Å². The first-order valence-electron chi connectivity index (χ1n) is 14.4. The summed E-state index contributed by atoms with van der Waals surface area (Å²) in [7, 11) is 6.30. The lowest BCUT2D eigenvalue weighted by Crippen LogP contribution is -2.38. The van der Waals surface area contributed by atoms with Crippen LogP contribution in [-0.4, -0.2) is 52.5 Å². The van der Waals surface area contributed by atoms with Gasteiger partial charge in [0.15, 0.2) is 28.8 Å². The Labute approximate surface area is 266 Å². The van der Waals surface area contributed by atoms with Crippen molar-refractivity contribution in [3.8, 4) is 23.0 Å². The van der Waals surface area contributed by atoms with E-state index >= 15 is 0 Å². The third-order valence-corrected chi connectivity index (χ3v) is 8.90. The molecule has 0 fully saturated rings. The molecular weight excluding hydrogens is 626 g/mol. The normalized spacial score (nSPS) is 19.5. The first-order chi connectivity index (χ1) is 21.3. The number of carbonyl (C=O) groups is 2. The Morgan fingerprint density at radius 3 is 2.25 bits per heavy atom. The van der Waals surface area contributed by atoms with E-state index in [2.05, 4.69) is 15.9 Å². The number of methoxy groups -OCH3 is 4. The molecule has 3 aromatic carbocycles. The van der Waals surface area contributed by atoms with Crippen LogP contribution in [0.2, 0.25) is 0 Å². The average Bonchev–Trinajstić information content (AvgIpc) is 3.03. The molecule has 2 aliphatic rings. The number of hydrogen-bond donors (Lipinski definition) is 0. The maximum atomic E-state index is 14.1. The molecular formula is C35H36BrNO7. The van der Waals surface area contributed by atoms with Crippen molar-refractivity contribution in [2.45, 2.75) is 38.0 Å². The summed E-state index contributed by atoms with van der Waals surface area (Å²) in [5, 5.41) is 0. The number of rotatable bonds is 10. The van der Waals surface area contributed by atoms with Gasteiger partial charge in [-0.3, -0.25) is 14.6 Å². The fourth-order valence-electron chi connectivity index (χ4n) is 6.19. The van der Waals surface area contributed by atoms with Crippen LogP contribution in [0.3, 0.4) is 0 Å². The molecule has 0 saturated heterocycles. The molecule has 0 bridgehead atoms. The van der Waals surface area contributed by atoms with Crippen LogP contribution in [0.1, 0.15) is 48.3 Å². The van der Waals surface area contributed by atoms with Crippen LogP contribution in [0, 0.1) is 5.92 Å². The van der Waals surface area contributed by atoms with Gasteiger partial charge in [-0.15, -0.1) is 0 Å². The van der Waals surface area contributed by atoms with E-state index in [9.17, 15) is 9.59 Å². The molecule has 8 nitrogen and oxygen atoms in total. The molecule has 0 spiro atoms. The van der Waals surface area contributed by atoms with Gasteiger partial charge in [-0.25, -0.2) is 0 Å². The average molecular weight is 663 g/mol. The van der Waals surface area contributed by atoms with E-state index in [0.717, 1.165) is 16.7 Å². The lowest BCUT2D eigenvalue weighted by atomic mass is 9.69. The first kappa shape index (κ1) is 31.3. The molecule has 9 heteroatoms. The number of hydrogen-bond acceptors (Lipinski definition) is 8. The summed E-state index contributed by atoms with van der Waals surface area (Å²) in [5.74, 6) is 0.269. The number of ketones is 1. The van der Waals surface area contributed by atoms with Gasteiger partial charge in [0.1, 0.15) is 5.92 Å². The van der Waals surface area contributed by atoms with Crippen LogP contribution in [0.15, 0.2) is 81.4 Å². The van der Waals surface area contributed by atoms with Crippen LogP contribution < -0.4 is 18.9 Å². The third kappa shape index (κ3) is 6.24. The second-order valence-electron chi connectivity index (χ2n) is 10.9. The van der Waals surface area contributed by atoms with Crippen LogP contribution in [0.25, 0.3) is 0 Å². The highest BCUT2D eigenvalue weighted by Gasteiger charge is 2.45. The van der Waals surface area contributed by atoms with Crippen molar-refractivity contribution >= 4 is 33.4 Å². The smallest absolute Gasteiger partial charge is 0.315 e. The SMILES string of the molecule is COc1ccc(C2CC(=O)C3=C(C2)N=C(C)C(C(=O)OCCc2ccccc2)C3c2cc(Br)c(OC)c(OC)c2)cc1OC. The topological polar surface area (TPSA) is 92.7 Å². The van der Waals surface area contributed by atoms with Gasteiger partial charge in [-0.05, 0) is 76.1 Å². The Morgan fingerprint density at radius 1 is 0.864 bits per heavy atom. The zero-order chi connectivity index (χ0) is 31.4. The van der Waals surface area contributed by atoms with Gasteiger partial charge in [-0.1, -0.05) is 36.4 Å². The lowest BCUT2D eigenvalue weighted by Gasteiger charge is -2.37. The second kappa shape index (κ2) is 13.7. The van der Waals surface area contributed by atoms with Gasteiger partial charge in [0, 0.05) is 35.7 Å². The van der Waals surface area contributed by atoms with Crippen molar-refractivity contribution in [3.05, 3.63) is 93.1 Å². The van der Waals surface area contributed by atoms with E-state index in [-0.39, 0.29) is 24.7 Å². The summed E-state index contributed by atoms with van der Waals surface area (Å²) in [4.78, 5) is 32.8. The minimum absolute atomic E-state index is 0.0553. The minimum atomic E-state index is -0.781. The highest BCUT2D eigenvalue weighted by Crippen LogP contribution is 2.49. The number of ether oxygens (including phenoxy) is 5. The summed E-state index contributed by atoms with van der Waals surface area (Å²) in [6.45, 7) is 2.05. The van der Waals surface area contributed by atoms with E-state index in [1.54, 1.807) is 28.4 Å². The monoisotopic (exact) mass is 661 g/mol. The molecule has 0 N–H and O–H groups in total. The molecule has 3 unspecified atom stereocenters. The summed E-state index contributed by atoms with van der Waals surface area (Å²) in [6, 6.07) is 19.3. The number of esters is 1. The van der Waals surface area contributed by atoms with Crippen molar-refractivity contribution in [1.82, 2.24) is 0 Å². The molecule has 0 radical (unpaired) electrons.